The van der Waals surface area contributed by atoms with E-state index in [4.69, 9.17) is 0 Å². The van der Waals surface area contributed by atoms with Gasteiger partial charge in [-0.3, -0.25) is 14.6 Å². The van der Waals surface area contributed by atoms with Gasteiger partial charge in [-0.15, -0.1) is 0 Å². The van der Waals surface area contributed by atoms with Crippen LogP contribution in [0.2, 0.25) is 0 Å². The van der Waals surface area contributed by atoms with Gasteiger partial charge >= 0.3 is 0 Å². The zero-order chi connectivity index (χ0) is 16.8. The molecule has 8 heteroatoms. The average molecular weight is 343 g/mol. The van der Waals surface area contributed by atoms with Crippen LogP contribution >= 0.6 is 0 Å². The molecule has 1 N–H and O–H groups in total. The molecule has 0 radical (unpaired) electrons. The van der Waals surface area contributed by atoms with Crippen molar-refractivity contribution in [1.82, 2.24) is 24.5 Å². The standard InChI is InChI=1S/C16H17N5O2S/c22-24(23,13-14-4-2-1-3-5-14)19-9-11-21-10-6-15(20-21)16-12-17-7-8-18-16/h1-8,10,12,19H,9,11,13H2. The predicted molar refractivity (Wildman–Crippen MR) is 90.3 cm³/mol. The van der Waals surface area contributed by atoms with Crippen LogP contribution in [0.1, 0.15) is 5.56 Å². The van der Waals surface area contributed by atoms with Gasteiger partial charge in [0.1, 0.15) is 11.4 Å². The highest BCUT2D eigenvalue weighted by molar-refractivity contribution is 7.88. The smallest absolute Gasteiger partial charge is 0.215 e. The summed E-state index contributed by atoms with van der Waals surface area (Å²) in [4.78, 5) is 8.18. The average Bonchev–Trinajstić information content (AvgIpc) is 3.05. The fraction of sp³-hybridized carbons (Fsp3) is 0.188. The van der Waals surface area contributed by atoms with Crippen molar-refractivity contribution >= 4 is 10.0 Å². The van der Waals surface area contributed by atoms with Crippen molar-refractivity contribution in [3.8, 4) is 11.4 Å². The molecule has 0 atom stereocenters. The number of nitrogens with one attached hydrogen (secondary N) is 1. The molecule has 0 aliphatic carbocycles. The Morgan fingerprint density at radius 2 is 1.88 bits per heavy atom. The maximum atomic E-state index is 12.1. The van der Waals surface area contributed by atoms with Gasteiger partial charge in [-0.05, 0) is 11.6 Å². The molecular weight excluding hydrogens is 326 g/mol. The maximum Gasteiger partial charge on any atom is 0.215 e. The Kier molecular flexibility index (Phi) is 4.97. The second-order valence-corrected chi connectivity index (χ2v) is 7.00. The Labute approximate surface area is 140 Å². The van der Waals surface area contributed by atoms with E-state index in [0.717, 1.165) is 5.56 Å². The van der Waals surface area contributed by atoms with E-state index in [1.807, 2.05) is 24.3 Å². The van der Waals surface area contributed by atoms with E-state index in [9.17, 15) is 8.42 Å². The van der Waals surface area contributed by atoms with Gasteiger partial charge in [0, 0.05) is 25.1 Å². The minimum Gasteiger partial charge on any atom is -0.271 e. The third-order valence-electron chi connectivity index (χ3n) is 3.33. The highest BCUT2D eigenvalue weighted by Crippen LogP contribution is 2.11. The highest BCUT2D eigenvalue weighted by atomic mass is 32.2. The molecule has 0 spiro atoms. The monoisotopic (exact) mass is 343 g/mol. The minimum absolute atomic E-state index is 0.0300. The minimum atomic E-state index is -3.36. The molecular formula is C16H17N5O2S. The second kappa shape index (κ2) is 7.33. The Hall–Kier alpha value is -2.58. The van der Waals surface area contributed by atoms with Gasteiger partial charge in [0.15, 0.2) is 0 Å². The summed E-state index contributed by atoms with van der Waals surface area (Å²) in [5.41, 5.74) is 2.14. The SMILES string of the molecule is O=S(=O)(Cc1ccccc1)NCCn1ccc(-c2cnccn2)n1. The molecule has 2 aromatic heterocycles. The Morgan fingerprint density at radius 1 is 1.04 bits per heavy atom. The van der Waals surface area contributed by atoms with Gasteiger partial charge in [0.05, 0.1) is 18.5 Å². The summed E-state index contributed by atoms with van der Waals surface area (Å²) in [6.07, 6.45) is 6.62. The zero-order valence-electron chi connectivity index (χ0n) is 12.9. The van der Waals surface area contributed by atoms with E-state index in [1.165, 1.54) is 0 Å². The molecule has 124 valence electrons. The molecule has 24 heavy (non-hydrogen) atoms. The van der Waals surface area contributed by atoms with Crippen molar-refractivity contribution in [3.63, 3.8) is 0 Å². The normalized spacial score (nSPS) is 11.5. The lowest BCUT2D eigenvalue weighted by Gasteiger charge is -2.07. The van der Waals surface area contributed by atoms with Gasteiger partial charge in [-0.1, -0.05) is 30.3 Å². The van der Waals surface area contributed by atoms with Gasteiger partial charge in [-0.2, -0.15) is 5.10 Å². The summed E-state index contributed by atoms with van der Waals surface area (Å²) >= 11 is 0. The summed E-state index contributed by atoms with van der Waals surface area (Å²) in [7, 11) is -3.36. The number of sulfonamides is 1. The predicted octanol–water partition coefficient (Wildman–Crippen LogP) is 1.46. The largest absolute Gasteiger partial charge is 0.271 e. The van der Waals surface area contributed by atoms with Crippen LogP contribution in [-0.2, 0) is 22.3 Å². The highest BCUT2D eigenvalue weighted by Gasteiger charge is 2.11. The number of hydrogen-bond donors (Lipinski definition) is 1. The van der Waals surface area contributed by atoms with Crippen LogP contribution in [-0.4, -0.2) is 34.7 Å². The number of hydrogen-bond acceptors (Lipinski definition) is 5. The van der Waals surface area contributed by atoms with Crippen LogP contribution in [0, 0.1) is 0 Å². The number of benzene rings is 1. The van der Waals surface area contributed by atoms with E-state index in [2.05, 4.69) is 19.8 Å². The zero-order valence-corrected chi connectivity index (χ0v) is 13.7. The molecule has 0 bridgehead atoms. The van der Waals surface area contributed by atoms with Crippen molar-refractivity contribution < 1.29 is 8.42 Å². The van der Waals surface area contributed by atoms with E-state index in [0.29, 0.717) is 17.9 Å². The third-order valence-corrected chi connectivity index (χ3v) is 4.69. The first kappa shape index (κ1) is 16.3. The second-order valence-electron chi connectivity index (χ2n) is 5.19. The number of rotatable bonds is 7. The van der Waals surface area contributed by atoms with Gasteiger partial charge in [0.2, 0.25) is 10.0 Å². The Morgan fingerprint density at radius 3 is 2.62 bits per heavy atom. The third kappa shape index (κ3) is 4.46. The molecule has 1 aromatic carbocycles. The summed E-state index contributed by atoms with van der Waals surface area (Å²) < 4.78 is 28.4. The summed E-state index contributed by atoms with van der Waals surface area (Å²) in [5, 5.41) is 4.36. The first-order chi connectivity index (χ1) is 11.6. The fourth-order valence-electron chi connectivity index (χ4n) is 2.21. The molecule has 2 heterocycles. The maximum absolute atomic E-state index is 12.1. The van der Waals surface area contributed by atoms with Crippen LogP contribution in [0.15, 0.2) is 61.2 Å². The van der Waals surface area contributed by atoms with Crippen LogP contribution in [0.25, 0.3) is 11.4 Å². The van der Waals surface area contributed by atoms with E-state index >= 15 is 0 Å². The van der Waals surface area contributed by atoms with Crippen molar-refractivity contribution in [2.45, 2.75) is 12.3 Å². The lowest BCUT2D eigenvalue weighted by molar-refractivity contribution is 0.560. The molecule has 0 fully saturated rings. The van der Waals surface area contributed by atoms with Crippen molar-refractivity contribution in [2.75, 3.05) is 6.54 Å². The van der Waals surface area contributed by atoms with Gasteiger partial charge in [-0.25, -0.2) is 13.1 Å². The summed E-state index contributed by atoms with van der Waals surface area (Å²) in [6.45, 7) is 0.713. The molecule has 0 aliphatic heterocycles. The van der Waals surface area contributed by atoms with Crippen molar-refractivity contribution in [2.24, 2.45) is 0 Å². The van der Waals surface area contributed by atoms with E-state index in [-0.39, 0.29) is 12.3 Å². The first-order valence-electron chi connectivity index (χ1n) is 7.43. The Bertz CT molecular complexity index is 879. The topological polar surface area (TPSA) is 89.8 Å². The van der Waals surface area contributed by atoms with E-state index < -0.39 is 10.0 Å². The van der Waals surface area contributed by atoms with Crippen LogP contribution < -0.4 is 4.72 Å². The van der Waals surface area contributed by atoms with Crippen molar-refractivity contribution in [1.29, 1.82) is 0 Å². The van der Waals surface area contributed by atoms with Gasteiger partial charge < -0.3 is 0 Å². The quantitative estimate of drug-likeness (QED) is 0.701. The summed E-state index contributed by atoms with van der Waals surface area (Å²) in [6, 6.07) is 10.9. The molecule has 3 aromatic rings. The molecule has 0 saturated carbocycles. The Balaban J connectivity index is 1.54. The fourth-order valence-corrected chi connectivity index (χ4v) is 3.35. The molecule has 0 amide bonds. The summed E-state index contributed by atoms with van der Waals surface area (Å²) in [5.74, 6) is -0.0300. The van der Waals surface area contributed by atoms with Crippen LogP contribution in [0.4, 0.5) is 0 Å². The van der Waals surface area contributed by atoms with Crippen LogP contribution in [0.5, 0.6) is 0 Å². The first-order valence-corrected chi connectivity index (χ1v) is 9.09. The molecule has 0 saturated heterocycles. The molecule has 7 nitrogen and oxygen atoms in total. The van der Waals surface area contributed by atoms with E-state index in [1.54, 1.807) is 41.6 Å². The lowest BCUT2D eigenvalue weighted by Crippen LogP contribution is -2.28. The van der Waals surface area contributed by atoms with Crippen LogP contribution in [0.3, 0.4) is 0 Å². The molecule has 0 unspecified atom stereocenters. The number of nitrogens with zero attached hydrogens (tertiary/aromatic N) is 4. The lowest BCUT2D eigenvalue weighted by atomic mass is 10.2. The van der Waals surface area contributed by atoms with Gasteiger partial charge in [0.25, 0.3) is 0 Å². The molecule has 0 aliphatic rings. The number of aromatic nitrogens is 4. The molecule has 3 rings (SSSR count). The van der Waals surface area contributed by atoms with Crippen molar-refractivity contribution in [3.05, 3.63) is 66.7 Å².